The van der Waals surface area contributed by atoms with Crippen LogP contribution in [0.4, 0.5) is 9.93 Å². The van der Waals surface area contributed by atoms with Gasteiger partial charge in [-0.2, -0.15) is 0 Å². The fourth-order valence-electron chi connectivity index (χ4n) is 9.24. The number of oxime groups is 1. The van der Waals surface area contributed by atoms with E-state index in [1.165, 1.54) is 35.9 Å². The van der Waals surface area contributed by atoms with Crippen molar-refractivity contribution < 1.29 is 71.2 Å². The quantitative estimate of drug-likeness (QED) is 0.0136. The number of β-lactam (4-membered cyclic amide) rings is 1. The van der Waals surface area contributed by atoms with E-state index in [1.54, 1.807) is 93.2 Å². The molecule has 476 valence electrons. The first-order valence-electron chi connectivity index (χ1n) is 28.8. The lowest BCUT2D eigenvalue weighted by Gasteiger charge is -2.49. The first-order chi connectivity index (χ1) is 42.6. The summed E-state index contributed by atoms with van der Waals surface area (Å²) < 4.78 is 46.1. The number of nitrogens with zero attached hydrogens (tertiary/aromatic N) is 4. The highest BCUT2D eigenvalue weighted by Gasteiger charge is 2.55. The number of thioether (sulfide) groups is 1. The number of allylic oxidation sites excluding steroid dienone is 1. The SMILES string of the molecule is COc1ccc(COC(=O)C2=C(/C=C\c3ccc(C[N+](C)(C)Cc4cc(Cl)c(OCc5ccc(OC)cc5)c(OCc5ccc(OC)cc5)c4)cc3)CS[C@@H]3[C@H](NC(=O)/C(=N\OC(C)(C)C(=O)OC(C)(C)C)c4csc(NC(=O)OC(C)(C)C)n4)C(=O)N23)cc1. The molecular formula is C67H76ClN6O14S2+. The Morgan fingerprint density at radius 3 is 1.82 bits per heavy atom. The zero-order chi connectivity index (χ0) is 65.1. The summed E-state index contributed by atoms with van der Waals surface area (Å²) in [6.45, 7) is 14.7. The topological polar surface area (TPSA) is 221 Å². The van der Waals surface area contributed by atoms with Gasteiger partial charge in [0.15, 0.2) is 22.3 Å². The lowest BCUT2D eigenvalue weighted by Crippen LogP contribution is -2.71. The summed E-state index contributed by atoms with van der Waals surface area (Å²) in [6, 6.07) is 33.2. The largest absolute Gasteiger partial charge is 0.497 e. The van der Waals surface area contributed by atoms with Gasteiger partial charge in [0, 0.05) is 22.3 Å². The third-order valence-corrected chi connectivity index (χ3v) is 16.0. The highest BCUT2D eigenvalue weighted by Crippen LogP contribution is 2.42. The number of ether oxygens (including phenoxy) is 8. The molecule has 0 spiro atoms. The summed E-state index contributed by atoms with van der Waals surface area (Å²) in [7, 11) is 9.08. The molecule has 5 aromatic carbocycles. The molecule has 1 saturated heterocycles. The van der Waals surface area contributed by atoms with E-state index in [0.29, 0.717) is 51.0 Å². The molecule has 1 aromatic heterocycles. The smallest absolute Gasteiger partial charge is 0.413 e. The zero-order valence-corrected chi connectivity index (χ0v) is 55.1. The van der Waals surface area contributed by atoms with Crippen molar-refractivity contribution in [1.29, 1.82) is 0 Å². The molecule has 6 aromatic rings. The van der Waals surface area contributed by atoms with E-state index in [-0.39, 0.29) is 42.1 Å². The zero-order valence-electron chi connectivity index (χ0n) is 52.7. The highest BCUT2D eigenvalue weighted by molar-refractivity contribution is 8.00. The van der Waals surface area contributed by atoms with Gasteiger partial charge in [0.1, 0.15) is 84.2 Å². The number of fused-ring (bicyclic) bond motifs is 1. The van der Waals surface area contributed by atoms with Crippen molar-refractivity contribution in [3.63, 3.8) is 0 Å². The van der Waals surface area contributed by atoms with Crippen LogP contribution in [0.25, 0.3) is 6.08 Å². The number of hydrogen-bond donors (Lipinski definition) is 2. The molecule has 0 unspecified atom stereocenters. The molecule has 2 N–H and O–H groups in total. The summed E-state index contributed by atoms with van der Waals surface area (Å²) in [4.78, 5) is 80.5. The van der Waals surface area contributed by atoms with Crippen LogP contribution in [0, 0.1) is 0 Å². The molecule has 0 saturated carbocycles. The van der Waals surface area contributed by atoms with E-state index < -0.39 is 63.8 Å². The number of esters is 2. The number of quaternary nitrogens is 1. The van der Waals surface area contributed by atoms with Crippen LogP contribution in [0.1, 0.15) is 94.5 Å². The third-order valence-electron chi connectivity index (χ3n) is 13.7. The third kappa shape index (κ3) is 18.3. The molecule has 90 heavy (non-hydrogen) atoms. The molecule has 2 aliphatic rings. The number of halogens is 1. The molecule has 2 aliphatic heterocycles. The van der Waals surface area contributed by atoms with Gasteiger partial charge in [0.25, 0.3) is 11.8 Å². The van der Waals surface area contributed by atoms with Crippen molar-refractivity contribution in [2.75, 3.05) is 46.5 Å². The van der Waals surface area contributed by atoms with Gasteiger partial charge in [-0.15, -0.1) is 23.1 Å². The second-order valence-electron chi connectivity index (χ2n) is 24.4. The monoisotopic (exact) mass is 1290 g/mol. The van der Waals surface area contributed by atoms with Crippen molar-refractivity contribution in [3.05, 3.63) is 176 Å². The number of benzene rings is 5. The fraction of sp³-hybridized carbons (Fsp3) is 0.358. The Bertz CT molecular complexity index is 3650. The molecule has 20 nitrogen and oxygen atoms in total. The van der Waals surface area contributed by atoms with E-state index in [4.69, 9.17) is 54.3 Å². The van der Waals surface area contributed by atoms with Crippen LogP contribution in [0.15, 0.2) is 137 Å². The van der Waals surface area contributed by atoms with E-state index in [1.807, 2.05) is 91.0 Å². The van der Waals surface area contributed by atoms with Gasteiger partial charge in [0.05, 0.1) is 40.4 Å². The van der Waals surface area contributed by atoms with Crippen LogP contribution in [0.3, 0.4) is 0 Å². The molecule has 0 aliphatic carbocycles. The number of hydrogen-bond acceptors (Lipinski definition) is 18. The predicted octanol–water partition coefficient (Wildman–Crippen LogP) is 12.1. The Labute approximate surface area is 538 Å². The first-order valence-corrected chi connectivity index (χ1v) is 31.1. The molecule has 23 heteroatoms. The number of thiazole rings is 1. The second-order valence-corrected chi connectivity index (χ2v) is 26.7. The summed E-state index contributed by atoms with van der Waals surface area (Å²) in [5.74, 6) is 0.331. The summed E-state index contributed by atoms with van der Waals surface area (Å²) in [6.07, 6.45) is 2.88. The van der Waals surface area contributed by atoms with Gasteiger partial charge >= 0.3 is 18.0 Å². The minimum absolute atomic E-state index is 0.0228. The van der Waals surface area contributed by atoms with Crippen molar-refractivity contribution in [2.45, 2.75) is 117 Å². The Morgan fingerprint density at radius 1 is 0.711 bits per heavy atom. The lowest BCUT2D eigenvalue weighted by atomic mass is 10.0. The molecule has 3 amide bonds. The number of carbonyl (C=O) groups is 5. The summed E-state index contributed by atoms with van der Waals surface area (Å²) >= 11 is 9.34. The molecule has 2 atom stereocenters. The van der Waals surface area contributed by atoms with Crippen molar-refractivity contribution in [2.24, 2.45) is 5.16 Å². The van der Waals surface area contributed by atoms with Crippen LogP contribution in [0.2, 0.25) is 5.02 Å². The Kier molecular flexibility index (Phi) is 21.7. The summed E-state index contributed by atoms with van der Waals surface area (Å²) in [5.41, 5.74) is 2.13. The van der Waals surface area contributed by atoms with Gasteiger partial charge in [0.2, 0.25) is 5.60 Å². The molecule has 1 fully saturated rings. The van der Waals surface area contributed by atoms with Gasteiger partial charge in [-0.05, 0) is 132 Å². The van der Waals surface area contributed by atoms with Crippen LogP contribution in [-0.2, 0) is 71.1 Å². The van der Waals surface area contributed by atoms with Gasteiger partial charge in [-0.1, -0.05) is 89.6 Å². The van der Waals surface area contributed by atoms with Crippen LogP contribution < -0.4 is 34.3 Å². The maximum absolute atomic E-state index is 14.4. The number of anilines is 1. The van der Waals surface area contributed by atoms with Crippen molar-refractivity contribution in [3.8, 4) is 28.7 Å². The first kappa shape index (κ1) is 67.4. The molecule has 3 heterocycles. The molecular weight excluding hydrogens is 1210 g/mol. The fourth-order valence-corrected chi connectivity index (χ4v) is 11.5. The minimum Gasteiger partial charge on any atom is -0.497 e. The highest BCUT2D eigenvalue weighted by atomic mass is 35.5. The number of carbonyl (C=O) groups excluding carboxylic acids is 5. The van der Waals surface area contributed by atoms with Gasteiger partial charge in [-0.25, -0.2) is 19.4 Å². The predicted molar refractivity (Wildman–Crippen MR) is 345 cm³/mol. The van der Waals surface area contributed by atoms with E-state index in [2.05, 4.69) is 34.9 Å². The van der Waals surface area contributed by atoms with E-state index in [9.17, 15) is 24.0 Å². The van der Waals surface area contributed by atoms with Crippen molar-refractivity contribution >= 4 is 81.5 Å². The number of methoxy groups -OCH3 is 3. The molecule has 0 radical (unpaired) electrons. The second kappa shape index (κ2) is 28.9. The standard InChI is InChI=1S/C67H75ClN6O14S2/c1-65(2,3)86-62(78)67(7,8)88-72-54(52-40-90-63(69-52)71-64(79)87-66(4,5)6)58(75)70-55-59(76)73-56(61(77)85-38-45-23-30-50(82-13)31-24-45)47(39-89-60(55)73)25-18-41-14-16-42(17-15-41)34-74(9,10)35-46-32-51(68)57(84-37-44-21-28-49(81-12)29-22-44)53(33-46)83-36-43-19-26-48(80-11)27-20-43/h14-33,40,55,60H,34-39H2,1-13H3,(H-,69,70,71,75,79)/p+1/b25-18-,72-54-/t55-,60-/m1/s1. The van der Waals surface area contributed by atoms with Gasteiger partial charge in [-0.3, -0.25) is 19.8 Å². The Morgan fingerprint density at radius 2 is 1.26 bits per heavy atom. The maximum atomic E-state index is 14.4. The average Bonchev–Trinajstić information content (AvgIpc) is 0.750. The van der Waals surface area contributed by atoms with Gasteiger partial charge < -0.3 is 52.5 Å². The van der Waals surface area contributed by atoms with Crippen LogP contribution >= 0.6 is 34.7 Å². The van der Waals surface area contributed by atoms with E-state index >= 15 is 0 Å². The average molecular weight is 1290 g/mol. The Balaban J connectivity index is 0.997. The normalized spacial score (nSPS) is 15.3. The number of nitrogens with one attached hydrogen (secondary N) is 2. The van der Waals surface area contributed by atoms with Crippen LogP contribution in [-0.4, -0.2) is 119 Å². The van der Waals surface area contributed by atoms with E-state index in [0.717, 1.165) is 50.7 Å². The number of aromatic nitrogens is 1. The number of amides is 3. The molecule has 0 bridgehead atoms. The maximum Gasteiger partial charge on any atom is 0.413 e. The Hall–Kier alpha value is -8.57. The lowest BCUT2D eigenvalue weighted by molar-refractivity contribution is -0.916. The number of rotatable bonds is 25. The summed E-state index contributed by atoms with van der Waals surface area (Å²) in [5, 5.41) is 10.6. The molecule has 8 rings (SSSR count). The van der Waals surface area contributed by atoms with Crippen molar-refractivity contribution in [1.82, 2.24) is 15.2 Å². The van der Waals surface area contributed by atoms with Crippen LogP contribution in [0.5, 0.6) is 28.7 Å². The minimum atomic E-state index is -1.69.